The molecule has 0 spiro atoms. The minimum absolute atomic E-state index is 0.147. The van der Waals surface area contributed by atoms with E-state index in [2.05, 4.69) is 52.7 Å². The van der Waals surface area contributed by atoms with Crippen LogP contribution in [-0.2, 0) is 6.54 Å². The van der Waals surface area contributed by atoms with Crippen molar-refractivity contribution in [1.29, 1.82) is 0 Å². The number of piperidine rings is 1. The second kappa shape index (κ2) is 8.13. The van der Waals surface area contributed by atoms with Gasteiger partial charge in [0, 0.05) is 29.6 Å². The van der Waals surface area contributed by atoms with Gasteiger partial charge < -0.3 is 9.73 Å². The molecule has 1 saturated heterocycles. The fraction of sp³-hybridized carbons (Fsp3) is 0.240. The maximum Gasteiger partial charge on any atom is 0.338 e. The first kappa shape index (κ1) is 19.2. The molecule has 0 amide bonds. The molecule has 1 aromatic heterocycles. The molecule has 0 radical (unpaired) electrons. The molecule has 152 valence electrons. The van der Waals surface area contributed by atoms with Gasteiger partial charge >= 0.3 is 5.63 Å². The van der Waals surface area contributed by atoms with E-state index in [4.69, 9.17) is 16.0 Å². The molecule has 0 bridgehead atoms. The van der Waals surface area contributed by atoms with Crippen molar-refractivity contribution in [2.45, 2.75) is 32.0 Å². The summed E-state index contributed by atoms with van der Waals surface area (Å²) in [5.74, 6) is 0. The number of benzene rings is 3. The van der Waals surface area contributed by atoms with Gasteiger partial charge in [-0.3, -0.25) is 4.90 Å². The minimum atomic E-state index is -0.357. The van der Waals surface area contributed by atoms with E-state index in [1.165, 1.54) is 28.8 Å². The third-order valence-corrected chi connectivity index (χ3v) is 6.07. The quantitative estimate of drug-likeness (QED) is 0.411. The summed E-state index contributed by atoms with van der Waals surface area (Å²) >= 11 is 6.20. The SMILES string of the molecule is O=c1cc(NC2CCCCN2Cc2ccc3ccccc3c2)c2cc(Cl)ccc2o1. The Morgan fingerprint density at radius 3 is 2.77 bits per heavy atom. The predicted octanol–water partition coefficient (Wildman–Crippen LogP) is 6.02. The molecule has 4 nitrogen and oxygen atoms in total. The van der Waals surface area contributed by atoms with Gasteiger partial charge in [0.2, 0.25) is 0 Å². The Labute approximate surface area is 180 Å². The summed E-state index contributed by atoms with van der Waals surface area (Å²) in [7, 11) is 0. The Bertz CT molecular complexity index is 1270. The number of fused-ring (bicyclic) bond motifs is 2. The molecule has 1 atom stereocenters. The average Bonchev–Trinajstić information content (AvgIpc) is 2.75. The summed E-state index contributed by atoms with van der Waals surface area (Å²) in [6.07, 6.45) is 3.51. The van der Waals surface area contributed by atoms with Gasteiger partial charge in [-0.2, -0.15) is 0 Å². The molecular weight excluding hydrogens is 396 g/mol. The van der Waals surface area contributed by atoms with Crippen LogP contribution in [-0.4, -0.2) is 17.6 Å². The molecule has 1 N–H and O–H groups in total. The smallest absolute Gasteiger partial charge is 0.338 e. The Morgan fingerprint density at radius 2 is 1.87 bits per heavy atom. The maximum atomic E-state index is 12.1. The van der Waals surface area contributed by atoms with Gasteiger partial charge in [0.05, 0.1) is 11.9 Å². The monoisotopic (exact) mass is 418 g/mol. The summed E-state index contributed by atoms with van der Waals surface area (Å²) in [5.41, 5.74) is 2.26. The van der Waals surface area contributed by atoms with E-state index < -0.39 is 0 Å². The average molecular weight is 419 g/mol. The lowest BCUT2D eigenvalue weighted by atomic mass is 10.0. The fourth-order valence-electron chi connectivity index (χ4n) is 4.35. The highest BCUT2D eigenvalue weighted by atomic mass is 35.5. The van der Waals surface area contributed by atoms with Crippen LogP contribution in [0.5, 0.6) is 0 Å². The fourth-order valence-corrected chi connectivity index (χ4v) is 4.52. The van der Waals surface area contributed by atoms with E-state index in [1.54, 1.807) is 12.1 Å². The summed E-state index contributed by atoms with van der Waals surface area (Å²) in [6.45, 7) is 1.88. The van der Waals surface area contributed by atoms with Crippen molar-refractivity contribution in [3.63, 3.8) is 0 Å². The topological polar surface area (TPSA) is 45.5 Å². The zero-order valence-corrected chi connectivity index (χ0v) is 17.4. The van der Waals surface area contributed by atoms with Crippen molar-refractivity contribution in [3.8, 4) is 0 Å². The van der Waals surface area contributed by atoms with Gasteiger partial charge in [0.1, 0.15) is 5.58 Å². The van der Waals surface area contributed by atoms with Gasteiger partial charge in [0.15, 0.2) is 0 Å². The molecule has 4 aromatic rings. The molecule has 1 fully saturated rings. The van der Waals surface area contributed by atoms with Crippen LogP contribution >= 0.6 is 11.6 Å². The van der Waals surface area contributed by atoms with Crippen molar-refractivity contribution in [3.05, 3.63) is 87.7 Å². The Kier molecular flexibility index (Phi) is 5.19. The second-order valence-corrected chi connectivity index (χ2v) is 8.36. The highest BCUT2D eigenvalue weighted by Gasteiger charge is 2.23. The van der Waals surface area contributed by atoms with E-state index in [1.807, 2.05) is 6.07 Å². The first-order valence-corrected chi connectivity index (χ1v) is 10.8. The Balaban J connectivity index is 1.43. The number of halogens is 1. The van der Waals surface area contributed by atoms with Crippen LogP contribution in [0.4, 0.5) is 5.69 Å². The molecule has 30 heavy (non-hydrogen) atoms. The third-order valence-electron chi connectivity index (χ3n) is 5.84. The van der Waals surface area contributed by atoms with Crippen LogP contribution in [0.1, 0.15) is 24.8 Å². The Morgan fingerprint density at radius 1 is 1.00 bits per heavy atom. The number of anilines is 1. The number of likely N-dealkylation sites (tertiary alicyclic amines) is 1. The molecular formula is C25H23ClN2O2. The molecule has 1 aliphatic rings. The lowest BCUT2D eigenvalue weighted by Gasteiger charge is -2.37. The van der Waals surface area contributed by atoms with Crippen LogP contribution in [0.3, 0.4) is 0 Å². The van der Waals surface area contributed by atoms with Gasteiger partial charge in [0.25, 0.3) is 0 Å². The number of rotatable bonds is 4. The van der Waals surface area contributed by atoms with Crippen molar-refractivity contribution >= 4 is 39.0 Å². The van der Waals surface area contributed by atoms with E-state index in [-0.39, 0.29) is 11.8 Å². The maximum absolute atomic E-state index is 12.1. The zero-order valence-electron chi connectivity index (χ0n) is 16.6. The van der Waals surface area contributed by atoms with E-state index in [0.29, 0.717) is 10.6 Å². The van der Waals surface area contributed by atoms with Crippen LogP contribution in [0.15, 0.2) is 75.9 Å². The van der Waals surface area contributed by atoms with Crippen molar-refractivity contribution in [2.75, 3.05) is 11.9 Å². The first-order valence-electron chi connectivity index (χ1n) is 10.4. The second-order valence-electron chi connectivity index (χ2n) is 7.93. The number of hydrogen-bond donors (Lipinski definition) is 1. The highest BCUT2D eigenvalue weighted by molar-refractivity contribution is 6.31. The molecule has 0 saturated carbocycles. The predicted molar refractivity (Wildman–Crippen MR) is 123 cm³/mol. The number of nitrogens with zero attached hydrogens (tertiary/aromatic N) is 1. The first-order chi connectivity index (χ1) is 14.7. The zero-order chi connectivity index (χ0) is 20.5. The van der Waals surface area contributed by atoms with E-state index in [9.17, 15) is 4.79 Å². The van der Waals surface area contributed by atoms with Crippen LogP contribution in [0, 0.1) is 0 Å². The van der Waals surface area contributed by atoms with Crippen molar-refractivity contribution < 1.29 is 4.42 Å². The summed E-state index contributed by atoms with van der Waals surface area (Å²) < 4.78 is 5.34. The van der Waals surface area contributed by atoms with Gasteiger partial charge in [-0.1, -0.05) is 48.0 Å². The largest absolute Gasteiger partial charge is 0.423 e. The van der Waals surface area contributed by atoms with E-state index >= 15 is 0 Å². The van der Waals surface area contributed by atoms with Gasteiger partial charge in [-0.15, -0.1) is 0 Å². The minimum Gasteiger partial charge on any atom is -0.423 e. The van der Waals surface area contributed by atoms with Crippen molar-refractivity contribution in [1.82, 2.24) is 4.90 Å². The van der Waals surface area contributed by atoms with E-state index in [0.717, 1.165) is 37.0 Å². The molecule has 0 aliphatic carbocycles. The lowest BCUT2D eigenvalue weighted by molar-refractivity contribution is 0.159. The Hall–Kier alpha value is -2.82. The standard InChI is InChI=1S/C25H23ClN2O2/c26-20-10-11-23-21(14-20)22(15-25(29)30-23)27-24-7-3-4-12-28(24)16-17-8-9-18-5-1-2-6-19(18)13-17/h1-2,5-6,8-11,13-15,24,27H,3-4,7,12,16H2. The number of nitrogens with one attached hydrogen (secondary N) is 1. The molecule has 5 heteroatoms. The summed E-state index contributed by atoms with van der Waals surface area (Å²) in [4.78, 5) is 14.5. The molecule has 3 aromatic carbocycles. The van der Waals surface area contributed by atoms with Gasteiger partial charge in [-0.05, 0) is 59.9 Å². The summed E-state index contributed by atoms with van der Waals surface area (Å²) in [6, 6.07) is 22.0. The highest BCUT2D eigenvalue weighted by Crippen LogP contribution is 2.28. The van der Waals surface area contributed by atoms with Crippen LogP contribution in [0.25, 0.3) is 21.7 Å². The molecule has 1 aliphatic heterocycles. The normalized spacial score (nSPS) is 17.4. The van der Waals surface area contributed by atoms with Crippen molar-refractivity contribution in [2.24, 2.45) is 0 Å². The number of hydrogen-bond acceptors (Lipinski definition) is 4. The lowest BCUT2D eigenvalue weighted by Crippen LogP contribution is -2.44. The third kappa shape index (κ3) is 3.93. The molecule has 2 heterocycles. The molecule has 1 unspecified atom stereocenters. The van der Waals surface area contributed by atoms with Crippen LogP contribution in [0.2, 0.25) is 5.02 Å². The van der Waals surface area contributed by atoms with Crippen LogP contribution < -0.4 is 10.9 Å². The van der Waals surface area contributed by atoms with Gasteiger partial charge in [-0.25, -0.2) is 4.79 Å². The summed E-state index contributed by atoms with van der Waals surface area (Å²) in [5, 5.41) is 7.58. The molecule has 5 rings (SSSR count).